The van der Waals surface area contributed by atoms with Gasteiger partial charge >= 0.3 is 5.97 Å². The van der Waals surface area contributed by atoms with Gasteiger partial charge in [0.15, 0.2) is 6.10 Å². The Labute approximate surface area is 146 Å². The topological polar surface area (TPSA) is 128 Å². The Morgan fingerprint density at radius 3 is 2.48 bits per heavy atom. The zero-order valence-electron chi connectivity index (χ0n) is 14.4. The number of aliphatic hydroxyl groups is 3. The first-order chi connectivity index (χ1) is 11.7. The SMILES string of the molecule is CCc1ccc(NC(C)C)c(O[C@@H]2O[C@H](C(=O)O)[C@@H](O)[C@H](O)[C@H]2O)c1. The molecular weight excluding hydrogens is 330 g/mol. The molecule has 5 atom stereocenters. The van der Waals surface area contributed by atoms with Crippen LogP contribution in [0.15, 0.2) is 18.2 Å². The second-order valence-electron chi connectivity index (χ2n) is 6.34. The van der Waals surface area contributed by atoms with Crippen molar-refractivity contribution >= 4 is 11.7 Å². The highest BCUT2D eigenvalue weighted by Crippen LogP contribution is 2.31. The summed E-state index contributed by atoms with van der Waals surface area (Å²) in [5.41, 5.74) is 1.63. The lowest BCUT2D eigenvalue weighted by Gasteiger charge is -2.38. The highest BCUT2D eigenvalue weighted by molar-refractivity contribution is 5.73. The highest BCUT2D eigenvalue weighted by Gasteiger charge is 2.48. The van der Waals surface area contributed by atoms with Gasteiger partial charge < -0.3 is 35.2 Å². The van der Waals surface area contributed by atoms with Gasteiger partial charge in [-0.2, -0.15) is 0 Å². The van der Waals surface area contributed by atoms with Gasteiger partial charge in [0.25, 0.3) is 0 Å². The summed E-state index contributed by atoms with van der Waals surface area (Å²) in [5, 5.41) is 42.0. The zero-order valence-corrected chi connectivity index (χ0v) is 14.4. The minimum absolute atomic E-state index is 0.117. The van der Waals surface area contributed by atoms with Crippen molar-refractivity contribution in [1.82, 2.24) is 0 Å². The number of rotatable bonds is 6. The molecule has 1 fully saturated rings. The van der Waals surface area contributed by atoms with Gasteiger partial charge in [0.05, 0.1) is 5.69 Å². The average Bonchev–Trinajstić information content (AvgIpc) is 2.55. The first kappa shape index (κ1) is 19.5. The van der Waals surface area contributed by atoms with E-state index in [0.717, 1.165) is 12.0 Å². The molecule has 0 aromatic heterocycles. The molecule has 0 aliphatic carbocycles. The predicted molar refractivity (Wildman–Crippen MR) is 89.5 cm³/mol. The molecule has 0 amide bonds. The quantitative estimate of drug-likeness (QED) is 0.494. The van der Waals surface area contributed by atoms with Crippen LogP contribution < -0.4 is 10.1 Å². The summed E-state index contributed by atoms with van der Waals surface area (Å²) >= 11 is 0. The van der Waals surface area contributed by atoms with E-state index in [1.165, 1.54) is 0 Å². The summed E-state index contributed by atoms with van der Waals surface area (Å²) in [6.07, 6.45) is -7.41. The molecule has 8 heteroatoms. The van der Waals surface area contributed by atoms with E-state index >= 15 is 0 Å². The van der Waals surface area contributed by atoms with Crippen molar-refractivity contribution < 1.29 is 34.7 Å². The lowest BCUT2D eigenvalue weighted by atomic mass is 9.99. The molecule has 2 rings (SSSR count). The Bertz CT molecular complexity index is 607. The Morgan fingerprint density at radius 1 is 1.24 bits per heavy atom. The van der Waals surface area contributed by atoms with Gasteiger partial charge in [-0.1, -0.05) is 13.0 Å². The van der Waals surface area contributed by atoms with Gasteiger partial charge in [-0.25, -0.2) is 4.79 Å². The fourth-order valence-corrected chi connectivity index (χ4v) is 2.59. The number of carboxylic acid groups (broad SMARTS) is 1. The summed E-state index contributed by atoms with van der Waals surface area (Å²) in [6, 6.07) is 5.62. The molecule has 0 saturated carbocycles. The van der Waals surface area contributed by atoms with Gasteiger partial charge in [-0.15, -0.1) is 0 Å². The molecule has 1 heterocycles. The van der Waals surface area contributed by atoms with Crippen LogP contribution in [0.25, 0.3) is 0 Å². The standard InChI is InChI=1S/C17H25NO7/c1-4-9-5-6-10(18-8(2)3)11(7-9)24-17-14(21)12(19)13(20)15(25-17)16(22)23/h5-8,12-15,17-21H,4H2,1-3H3,(H,22,23)/t12-,13-,14+,15-,17+/m0/s1. The van der Waals surface area contributed by atoms with Crippen LogP contribution in [0.3, 0.4) is 0 Å². The van der Waals surface area contributed by atoms with Crippen molar-refractivity contribution in [2.75, 3.05) is 5.32 Å². The molecule has 1 saturated heterocycles. The van der Waals surface area contributed by atoms with Crippen molar-refractivity contribution in [3.63, 3.8) is 0 Å². The zero-order chi connectivity index (χ0) is 18.7. The van der Waals surface area contributed by atoms with Crippen LogP contribution in [-0.4, -0.2) is 63.1 Å². The number of hydrogen-bond acceptors (Lipinski definition) is 7. The van der Waals surface area contributed by atoms with Crippen LogP contribution >= 0.6 is 0 Å². The Morgan fingerprint density at radius 2 is 1.92 bits per heavy atom. The van der Waals surface area contributed by atoms with Crippen LogP contribution in [0, 0.1) is 0 Å². The molecule has 1 aromatic rings. The van der Waals surface area contributed by atoms with Crippen molar-refractivity contribution in [3.8, 4) is 5.75 Å². The maximum absolute atomic E-state index is 11.2. The Balaban J connectivity index is 2.28. The van der Waals surface area contributed by atoms with E-state index in [2.05, 4.69) is 5.32 Å². The van der Waals surface area contributed by atoms with Gasteiger partial charge in [-0.3, -0.25) is 0 Å². The molecule has 0 bridgehead atoms. The van der Waals surface area contributed by atoms with E-state index in [9.17, 15) is 20.1 Å². The van der Waals surface area contributed by atoms with Crippen molar-refractivity contribution in [2.45, 2.75) is 63.9 Å². The predicted octanol–water partition coefficient (Wildman–Crippen LogP) is 0.340. The van der Waals surface area contributed by atoms with Crippen LogP contribution in [0.2, 0.25) is 0 Å². The minimum atomic E-state index is -1.75. The van der Waals surface area contributed by atoms with E-state index in [1.54, 1.807) is 6.07 Å². The molecule has 8 nitrogen and oxygen atoms in total. The molecule has 0 spiro atoms. The van der Waals surface area contributed by atoms with Gasteiger partial charge in [0.2, 0.25) is 6.29 Å². The van der Waals surface area contributed by atoms with Crippen LogP contribution in [0.1, 0.15) is 26.3 Å². The average molecular weight is 355 g/mol. The maximum atomic E-state index is 11.2. The second-order valence-corrected chi connectivity index (χ2v) is 6.34. The van der Waals surface area contributed by atoms with E-state index in [4.69, 9.17) is 14.6 Å². The van der Waals surface area contributed by atoms with E-state index < -0.39 is 36.7 Å². The van der Waals surface area contributed by atoms with Gasteiger partial charge in [0.1, 0.15) is 24.1 Å². The molecular formula is C17H25NO7. The Kier molecular flexibility index (Phi) is 6.23. The summed E-state index contributed by atoms with van der Waals surface area (Å²) in [5.74, 6) is -1.08. The third-order valence-corrected chi connectivity index (χ3v) is 3.95. The van der Waals surface area contributed by atoms with Crippen LogP contribution in [0.5, 0.6) is 5.75 Å². The highest BCUT2D eigenvalue weighted by atomic mass is 16.7. The molecule has 140 valence electrons. The van der Waals surface area contributed by atoms with Crippen molar-refractivity contribution in [2.24, 2.45) is 0 Å². The number of aliphatic carboxylic acids is 1. The largest absolute Gasteiger partial charge is 0.479 e. The third kappa shape index (κ3) is 4.40. The lowest BCUT2D eigenvalue weighted by Crippen LogP contribution is -2.61. The molecule has 1 aliphatic rings. The molecule has 1 aliphatic heterocycles. The summed E-state index contributed by atoms with van der Waals surface area (Å²) in [6.45, 7) is 5.87. The number of nitrogens with one attached hydrogen (secondary N) is 1. The van der Waals surface area contributed by atoms with Crippen molar-refractivity contribution in [3.05, 3.63) is 23.8 Å². The molecule has 5 N–H and O–H groups in total. The van der Waals surface area contributed by atoms with Crippen LogP contribution in [-0.2, 0) is 16.0 Å². The smallest absolute Gasteiger partial charge is 0.335 e. The van der Waals surface area contributed by atoms with E-state index in [-0.39, 0.29) is 6.04 Å². The van der Waals surface area contributed by atoms with Gasteiger partial charge in [-0.05, 0) is 38.0 Å². The van der Waals surface area contributed by atoms with E-state index in [1.807, 2.05) is 32.9 Å². The van der Waals surface area contributed by atoms with Crippen LogP contribution in [0.4, 0.5) is 5.69 Å². The monoisotopic (exact) mass is 355 g/mol. The number of hydrogen-bond donors (Lipinski definition) is 5. The summed E-state index contributed by atoms with van der Waals surface area (Å²) < 4.78 is 10.8. The van der Waals surface area contributed by atoms with Crippen molar-refractivity contribution in [1.29, 1.82) is 0 Å². The maximum Gasteiger partial charge on any atom is 0.335 e. The first-order valence-electron chi connectivity index (χ1n) is 8.23. The number of carboxylic acids is 1. The van der Waals surface area contributed by atoms with E-state index in [0.29, 0.717) is 11.4 Å². The molecule has 1 aromatic carbocycles. The molecule has 0 radical (unpaired) electrons. The fourth-order valence-electron chi connectivity index (χ4n) is 2.59. The number of carbonyl (C=O) groups is 1. The number of anilines is 1. The second kappa shape index (κ2) is 8.01. The molecule has 0 unspecified atom stereocenters. The Hall–Kier alpha value is -1.87. The first-order valence-corrected chi connectivity index (χ1v) is 8.23. The lowest BCUT2D eigenvalue weighted by molar-refractivity contribution is -0.271. The normalized spacial score (nSPS) is 29.5. The number of aryl methyl sites for hydroxylation is 1. The van der Waals surface area contributed by atoms with Gasteiger partial charge in [0, 0.05) is 6.04 Å². The fraction of sp³-hybridized carbons (Fsp3) is 0.588. The molecule has 25 heavy (non-hydrogen) atoms. The summed E-state index contributed by atoms with van der Waals surface area (Å²) in [4.78, 5) is 11.2. The number of benzene rings is 1. The minimum Gasteiger partial charge on any atom is -0.479 e. The number of aliphatic hydroxyl groups excluding tert-OH is 3. The summed E-state index contributed by atoms with van der Waals surface area (Å²) in [7, 11) is 0. The number of ether oxygens (including phenoxy) is 2. The third-order valence-electron chi connectivity index (χ3n) is 3.95.